The topological polar surface area (TPSA) is 26.0 Å². The molecule has 3 nitrogen and oxygen atoms in total. The first kappa shape index (κ1) is 12.3. The van der Waals surface area contributed by atoms with Crippen molar-refractivity contribution in [1.82, 2.24) is 0 Å². The molecule has 0 aromatic rings. The molecule has 4 saturated heterocycles. The molecule has 0 aromatic carbocycles. The Balaban J connectivity index is 1.64. The van der Waals surface area contributed by atoms with Gasteiger partial charge in [0.15, 0.2) is 5.78 Å². The van der Waals surface area contributed by atoms with Crippen LogP contribution in [0.3, 0.4) is 0 Å². The van der Waals surface area contributed by atoms with Gasteiger partial charge in [-0.2, -0.15) is 0 Å². The number of nitrogens with one attached hydrogen (secondary N) is 2. The van der Waals surface area contributed by atoms with Gasteiger partial charge in [0.2, 0.25) is 6.17 Å². The molecule has 4 aliphatic heterocycles. The van der Waals surface area contributed by atoms with E-state index in [0.29, 0.717) is 5.78 Å². The fourth-order valence-corrected chi connectivity index (χ4v) is 6.17. The van der Waals surface area contributed by atoms with Crippen LogP contribution in [0.15, 0.2) is 0 Å². The molecule has 4 bridgehead atoms. The molecule has 5 fully saturated rings. The number of quaternary nitrogens is 2. The molecule has 5 aliphatic rings. The van der Waals surface area contributed by atoms with Crippen LogP contribution in [0.25, 0.3) is 0 Å². The number of carbonyl (C=O) groups is 1. The highest BCUT2D eigenvalue weighted by Gasteiger charge is 2.68. The van der Waals surface area contributed by atoms with Crippen LogP contribution in [0.2, 0.25) is 0 Å². The molecule has 1 aliphatic carbocycles. The minimum Gasteiger partial charge on any atom is -0.297 e. The van der Waals surface area contributed by atoms with Crippen LogP contribution in [0.1, 0.15) is 46.0 Å². The second kappa shape index (κ2) is 3.82. The minimum atomic E-state index is -0.0128. The smallest absolute Gasteiger partial charge is 0.216 e. The van der Waals surface area contributed by atoms with E-state index in [4.69, 9.17) is 0 Å². The summed E-state index contributed by atoms with van der Waals surface area (Å²) in [5.74, 6) is 1.51. The number of hydrogen-bond donors (Lipinski definition) is 2. The monoisotopic (exact) mass is 264 g/mol. The lowest BCUT2D eigenvalue weighted by molar-refractivity contribution is -1.17. The molecule has 19 heavy (non-hydrogen) atoms. The van der Waals surface area contributed by atoms with Gasteiger partial charge in [0, 0.05) is 0 Å². The zero-order valence-corrected chi connectivity index (χ0v) is 12.4. The van der Waals surface area contributed by atoms with Crippen LogP contribution in [0.5, 0.6) is 0 Å². The van der Waals surface area contributed by atoms with Crippen molar-refractivity contribution < 1.29 is 14.6 Å². The Hall–Kier alpha value is -0.410. The van der Waals surface area contributed by atoms with Crippen LogP contribution >= 0.6 is 0 Å². The second-order valence-corrected chi connectivity index (χ2v) is 8.35. The summed E-state index contributed by atoms with van der Waals surface area (Å²) < 4.78 is 0. The molecular weight excluding hydrogens is 236 g/mol. The Morgan fingerprint density at radius 1 is 0.895 bits per heavy atom. The van der Waals surface area contributed by atoms with E-state index in [1.54, 1.807) is 9.80 Å². The summed E-state index contributed by atoms with van der Waals surface area (Å²) in [6.07, 6.45) is 8.03. The third-order valence-corrected chi connectivity index (χ3v) is 6.57. The van der Waals surface area contributed by atoms with Gasteiger partial charge in [-0.3, -0.25) is 14.6 Å². The van der Waals surface area contributed by atoms with Crippen molar-refractivity contribution in [2.45, 2.75) is 52.1 Å². The molecule has 0 aromatic heterocycles. The summed E-state index contributed by atoms with van der Waals surface area (Å²) in [6.45, 7) is 8.95. The van der Waals surface area contributed by atoms with Gasteiger partial charge in [-0.1, -0.05) is 19.3 Å². The van der Waals surface area contributed by atoms with Gasteiger partial charge in [-0.15, -0.1) is 0 Å². The van der Waals surface area contributed by atoms with E-state index in [-0.39, 0.29) is 10.8 Å². The van der Waals surface area contributed by atoms with Crippen molar-refractivity contribution in [3.63, 3.8) is 0 Å². The molecule has 5 rings (SSSR count). The Kier molecular flexibility index (Phi) is 2.48. The van der Waals surface area contributed by atoms with E-state index in [1.165, 1.54) is 32.1 Å². The molecule has 0 radical (unpaired) electrons. The highest BCUT2D eigenvalue weighted by molar-refractivity contribution is 5.91. The van der Waals surface area contributed by atoms with E-state index in [0.717, 1.165) is 38.3 Å². The van der Waals surface area contributed by atoms with Crippen LogP contribution in [0.4, 0.5) is 0 Å². The van der Waals surface area contributed by atoms with Crippen molar-refractivity contribution in [2.75, 3.05) is 26.2 Å². The molecule has 2 N–H and O–H groups in total. The average molecular weight is 264 g/mol. The lowest BCUT2D eigenvalue weighted by Gasteiger charge is -2.60. The number of Topliss-reactive ketones (excluding diaryl/α,β-unsaturated/α-hetero) is 1. The zero-order chi connectivity index (χ0) is 13.3. The van der Waals surface area contributed by atoms with E-state index < -0.39 is 0 Å². The summed E-state index contributed by atoms with van der Waals surface area (Å²) >= 11 is 0. The first-order valence-electron chi connectivity index (χ1n) is 8.26. The van der Waals surface area contributed by atoms with Gasteiger partial charge in [0.25, 0.3) is 0 Å². The SMILES string of the molecule is CC12C[NH+]3CC(C)(C[NH+](C1)C3C1CCCCC1)C2=O. The number of ketones is 1. The van der Waals surface area contributed by atoms with Crippen LogP contribution in [-0.4, -0.2) is 38.1 Å². The number of hydrogen-bond acceptors (Lipinski definition) is 1. The fourth-order valence-electron chi connectivity index (χ4n) is 6.17. The van der Waals surface area contributed by atoms with Gasteiger partial charge in [-0.25, -0.2) is 0 Å². The fraction of sp³-hybridized carbons (Fsp3) is 0.938. The molecular formula is C16H28N2O+2. The maximum atomic E-state index is 12.7. The van der Waals surface area contributed by atoms with Crippen LogP contribution in [-0.2, 0) is 4.79 Å². The largest absolute Gasteiger partial charge is 0.297 e. The number of carbonyl (C=O) groups excluding carboxylic acids is 1. The molecule has 0 spiro atoms. The Labute approximate surface area is 116 Å². The quantitative estimate of drug-likeness (QED) is 0.643. The van der Waals surface area contributed by atoms with E-state index in [2.05, 4.69) is 13.8 Å². The number of rotatable bonds is 1. The Morgan fingerprint density at radius 3 is 1.84 bits per heavy atom. The van der Waals surface area contributed by atoms with Gasteiger partial charge < -0.3 is 0 Å². The number of piperidine rings is 2. The third kappa shape index (κ3) is 1.61. The lowest BCUT2D eigenvalue weighted by Crippen LogP contribution is -3.45. The molecule has 0 unspecified atom stereocenters. The first-order chi connectivity index (χ1) is 9.02. The summed E-state index contributed by atoms with van der Waals surface area (Å²) in [6, 6.07) is 0. The van der Waals surface area contributed by atoms with E-state index >= 15 is 0 Å². The van der Waals surface area contributed by atoms with Gasteiger partial charge in [-0.05, 0) is 26.7 Å². The van der Waals surface area contributed by atoms with Crippen molar-refractivity contribution in [2.24, 2.45) is 16.7 Å². The lowest BCUT2D eigenvalue weighted by atomic mass is 9.61. The van der Waals surface area contributed by atoms with Crippen molar-refractivity contribution in [3.8, 4) is 0 Å². The summed E-state index contributed by atoms with van der Waals surface area (Å²) in [5.41, 5.74) is -0.0256. The molecule has 0 amide bonds. The minimum absolute atomic E-state index is 0.0128. The van der Waals surface area contributed by atoms with Gasteiger partial charge in [0.05, 0.1) is 32.1 Å². The molecule has 0 atom stereocenters. The molecule has 4 heterocycles. The zero-order valence-electron chi connectivity index (χ0n) is 12.4. The standard InChI is InChI=1S/C16H26N2O/c1-15-8-17-10-16(2,14(15)19)11-18(9-15)13(17)12-6-4-3-5-7-12/h12-13H,3-11H2,1-2H3/p+2. The average Bonchev–Trinajstić information content (AvgIpc) is 2.36. The van der Waals surface area contributed by atoms with Gasteiger partial charge in [0.1, 0.15) is 10.8 Å². The highest BCUT2D eigenvalue weighted by atomic mass is 16.1. The predicted molar refractivity (Wildman–Crippen MR) is 73.0 cm³/mol. The molecule has 3 heteroatoms. The Morgan fingerprint density at radius 2 is 1.37 bits per heavy atom. The van der Waals surface area contributed by atoms with E-state index in [1.807, 2.05) is 0 Å². The van der Waals surface area contributed by atoms with Crippen molar-refractivity contribution >= 4 is 5.78 Å². The highest BCUT2D eigenvalue weighted by Crippen LogP contribution is 2.36. The van der Waals surface area contributed by atoms with E-state index in [9.17, 15) is 4.79 Å². The van der Waals surface area contributed by atoms with Crippen LogP contribution in [0, 0.1) is 16.7 Å². The third-order valence-electron chi connectivity index (χ3n) is 6.57. The maximum absolute atomic E-state index is 12.7. The molecule has 106 valence electrons. The van der Waals surface area contributed by atoms with Crippen molar-refractivity contribution in [1.29, 1.82) is 0 Å². The summed E-state index contributed by atoms with van der Waals surface area (Å²) in [5, 5.41) is 0. The normalized spacial score (nSPS) is 53.8. The summed E-state index contributed by atoms with van der Waals surface area (Å²) in [7, 11) is 0. The Bertz CT molecular complexity index is 373. The van der Waals surface area contributed by atoms with Gasteiger partial charge >= 0.3 is 0 Å². The first-order valence-corrected chi connectivity index (χ1v) is 8.26. The predicted octanol–water partition coefficient (Wildman–Crippen LogP) is -0.715. The second-order valence-electron chi connectivity index (χ2n) is 8.35. The maximum Gasteiger partial charge on any atom is 0.216 e. The summed E-state index contributed by atoms with van der Waals surface area (Å²) in [4.78, 5) is 16.2. The van der Waals surface area contributed by atoms with Crippen LogP contribution < -0.4 is 9.80 Å². The molecule has 1 saturated carbocycles. The van der Waals surface area contributed by atoms with Crippen molar-refractivity contribution in [3.05, 3.63) is 0 Å².